The van der Waals surface area contributed by atoms with Gasteiger partial charge >= 0.3 is 0 Å². The summed E-state index contributed by atoms with van der Waals surface area (Å²) in [4.78, 5) is 6.61. The Hall–Kier alpha value is -2.59. The zero-order valence-corrected chi connectivity index (χ0v) is 17.2. The van der Waals surface area contributed by atoms with Crippen LogP contribution in [-0.4, -0.2) is 31.9 Å². The van der Waals surface area contributed by atoms with E-state index in [1.165, 1.54) is 0 Å². The molecule has 4 nitrogen and oxygen atoms in total. The van der Waals surface area contributed by atoms with Gasteiger partial charge in [0, 0.05) is 20.7 Å². The van der Waals surface area contributed by atoms with Crippen LogP contribution in [0.4, 0.5) is 5.69 Å². The minimum atomic E-state index is -0.547. The normalized spacial score (nSPS) is 13.4. The first-order valence-electron chi connectivity index (χ1n) is 9.15. The van der Waals surface area contributed by atoms with Crippen LogP contribution in [0.25, 0.3) is 0 Å². The summed E-state index contributed by atoms with van der Waals surface area (Å²) in [5, 5.41) is 0. The molecule has 144 valence electrons. The van der Waals surface area contributed by atoms with Crippen LogP contribution in [0, 0.1) is 13.8 Å². The van der Waals surface area contributed by atoms with E-state index in [9.17, 15) is 0 Å². The maximum Gasteiger partial charge on any atom is 0.130 e. The van der Waals surface area contributed by atoms with Crippen LogP contribution in [0.5, 0.6) is 11.5 Å². The highest BCUT2D eigenvalue weighted by Crippen LogP contribution is 2.34. The van der Waals surface area contributed by atoms with Crippen molar-refractivity contribution in [2.75, 3.05) is 20.7 Å². The van der Waals surface area contributed by atoms with Crippen molar-refractivity contribution in [2.24, 2.45) is 4.99 Å². The van der Waals surface area contributed by atoms with E-state index in [0.29, 0.717) is 0 Å². The summed E-state index contributed by atoms with van der Waals surface area (Å²) in [7, 11) is 3.69. The zero-order chi connectivity index (χ0) is 20.0. The number of methoxy groups -OCH3 is 1. The Morgan fingerprint density at radius 2 is 1.93 bits per heavy atom. The SMILES string of the molecule is C=CC(C)(OC)c1cccc(Oc2cc(C)c(N=CN(C)CC)cc2C)c1. The molecular formula is C23H30N2O2. The van der Waals surface area contributed by atoms with Gasteiger partial charge in [0.1, 0.15) is 17.1 Å². The molecule has 0 aliphatic carbocycles. The Kier molecular flexibility index (Phi) is 6.81. The lowest BCUT2D eigenvalue weighted by Crippen LogP contribution is -2.20. The summed E-state index contributed by atoms with van der Waals surface area (Å²) < 4.78 is 11.8. The molecule has 27 heavy (non-hydrogen) atoms. The van der Waals surface area contributed by atoms with Crippen LogP contribution >= 0.6 is 0 Å². The number of aryl methyl sites for hydroxylation is 2. The molecule has 1 atom stereocenters. The third kappa shape index (κ3) is 4.98. The molecule has 0 radical (unpaired) electrons. The van der Waals surface area contributed by atoms with E-state index in [0.717, 1.165) is 40.4 Å². The summed E-state index contributed by atoms with van der Waals surface area (Å²) in [5.74, 6) is 1.59. The molecule has 1 unspecified atom stereocenters. The molecular weight excluding hydrogens is 336 g/mol. The number of nitrogens with zero attached hydrogens (tertiary/aromatic N) is 2. The number of hydrogen-bond acceptors (Lipinski definition) is 3. The Bertz CT molecular complexity index is 829. The fourth-order valence-electron chi connectivity index (χ4n) is 2.58. The van der Waals surface area contributed by atoms with Gasteiger partial charge in [0.25, 0.3) is 0 Å². The molecule has 2 aromatic rings. The van der Waals surface area contributed by atoms with E-state index in [1.807, 2.05) is 69.4 Å². The maximum atomic E-state index is 6.16. The largest absolute Gasteiger partial charge is 0.457 e. The molecule has 0 aromatic heterocycles. The summed E-state index contributed by atoms with van der Waals surface area (Å²) >= 11 is 0. The third-order valence-corrected chi connectivity index (χ3v) is 4.83. The minimum absolute atomic E-state index is 0.547. The van der Waals surface area contributed by atoms with Gasteiger partial charge in [-0.2, -0.15) is 0 Å². The summed E-state index contributed by atoms with van der Waals surface area (Å²) in [6, 6.07) is 12.0. The highest BCUT2D eigenvalue weighted by Gasteiger charge is 2.22. The van der Waals surface area contributed by atoms with Gasteiger partial charge in [0.2, 0.25) is 0 Å². The van der Waals surface area contributed by atoms with Crippen LogP contribution in [0.15, 0.2) is 54.0 Å². The van der Waals surface area contributed by atoms with Gasteiger partial charge in [-0.25, -0.2) is 4.99 Å². The van der Waals surface area contributed by atoms with E-state index in [4.69, 9.17) is 9.47 Å². The fraction of sp³-hybridized carbons (Fsp3) is 0.348. The fourth-order valence-corrected chi connectivity index (χ4v) is 2.58. The molecule has 2 aromatic carbocycles. The minimum Gasteiger partial charge on any atom is -0.457 e. The first kappa shape index (κ1) is 20.7. The van der Waals surface area contributed by atoms with Crippen molar-refractivity contribution in [2.45, 2.75) is 33.3 Å². The zero-order valence-electron chi connectivity index (χ0n) is 17.2. The van der Waals surface area contributed by atoms with Crippen molar-refractivity contribution in [3.05, 3.63) is 65.7 Å². The molecule has 2 rings (SSSR count). The molecule has 0 bridgehead atoms. The van der Waals surface area contributed by atoms with Crippen LogP contribution in [0.2, 0.25) is 0 Å². The topological polar surface area (TPSA) is 34.1 Å². The number of rotatable bonds is 8. The molecule has 0 saturated heterocycles. The standard InChI is InChI=1S/C23H30N2O2/c1-8-23(5,26-7)19-11-10-12-20(15-19)27-22-14-17(3)21(13-18(22)4)24-16-25(6)9-2/h8,10-16H,1,9H2,2-7H3. The third-order valence-electron chi connectivity index (χ3n) is 4.83. The van der Waals surface area contributed by atoms with Gasteiger partial charge in [-0.3, -0.25) is 0 Å². The summed E-state index contributed by atoms with van der Waals surface area (Å²) in [6.07, 6.45) is 3.65. The predicted octanol–water partition coefficient (Wildman–Crippen LogP) is 5.75. The highest BCUT2D eigenvalue weighted by atomic mass is 16.5. The van der Waals surface area contributed by atoms with Gasteiger partial charge in [-0.1, -0.05) is 24.8 Å². The van der Waals surface area contributed by atoms with Crippen LogP contribution < -0.4 is 4.74 Å². The molecule has 0 saturated carbocycles. The maximum absolute atomic E-state index is 6.16. The average molecular weight is 367 g/mol. The second kappa shape index (κ2) is 8.87. The molecule has 0 amide bonds. The molecule has 0 spiro atoms. The van der Waals surface area contributed by atoms with Crippen LogP contribution in [0.3, 0.4) is 0 Å². The van der Waals surface area contributed by atoms with E-state index in [1.54, 1.807) is 13.2 Å². The van der Waals surface area contributed by atoms with Gasteiger partial charge in [0.05, 0.1) is 12.0 Å². The average Bonchev–Trinajstić information content (AvgIpc) is 2.68. The molecule has 0 aliphatic rings. The first-order valence-corrected chi connectivity index (χ1v) is 9.15. The number of hydrogen-bond donors (Lipinski definition) is 0. The second-order valence-electron chi connectivity index (χ2n) is 6.87. The number of ether oxygens (including phenoxy) is 2. The summed E-state index contributed by atoms with van der Waals surface area (Å²) in [6.45, 7) is 13.0. The van der Waals surface area contributed by atoms with Gasteiger partial charge in [-0.05, 0) is 68.7 Å². The Morgan fingerprint density at radius 1 is 1.19 bits per heavy atom. The Morgan fingerprint density at radius 3 is 2.56 bits per heavy atom. The molecule has 0 aliphatic heterocycles. The molecule has 0 N–H and O–H groups in total. The Labute approximate surface area is 163 Å². The van der Waals surface area contributed by atoms with E-state index in [-0.39, 0.29) is 0 Å². The van der Waals surface area contributed by atoms with Crippen molar-refractivity contribution < 1.29 is 9.47 Å². The van der Waals surface area contributed by atoms with Crippen molar-refractivity contribution >= 4 is 12.0 Å². The van der Waals surface area contributed by atoms with E-state index in [2.05, 4.69) is 24.6 Å². The second-order valence-corrected chi connectivity index (χ2v) is 6.87. The van der Waals surface area contributed by atoms with Crippen molar-refractivity contribution in [3.63, 3.8) is 0 Å². The number of benzene rings is 2. The van der Waals surface area contributed by atoms with Gasteiger partial charge in [0.15, 0.2) is 0 Å². The van der Waals surface area contributed by atoms with Gasteiger partial charge in [-0.15, -0.1) is 0 Å². The molecule has 0 fully saturated rings. The Balaban J connectivity index is 2.29. The van der Waals surface area contributed by atoms with Crippen molar-refractivity contribution in [1.29, 1.82) is 0 Å². The molecule has 4 heteroatoms. The molecule has 0 heterocycles. The monoisotopic (exact) mass is 366 g/mol. The number of aliphatic imine (C=N–C) groups is 1. The highest BCUT2D eigenvalue weighted by molar-refractivity contribution is 5.64. The van der Waals surface area contributed by atoms with Gasteiger partial charge < -0.3 is 14.4 Å². The van der Waals surface area contributed by atoms with Crippen LogP contribution in [-0.2, 0) is 10.3 Å². The van der Waals surface area contributed by atoms with Crippen LogP contribution in [0.1, 0.15) is 30.5 Å². The lowest BCUT2D eigenvalue weighted by atomic mass is 9.96. The quantitative estimate of drug-likeness (QED) is 0.339. The van der Waals surface area contributed by atoms with E-state index >= 15 is 0 Å². The van der Waals surface area contributed by atoms with E-state index < -0.39 is 5.60 Å². The summed E-state index contributed by atoms with van der Waals surface area (Å²) in [5.41, 5.74) is 3.51. The lowest BCUT2D eigenvalue weighted by Gasteiger charge is -2.25. The first-order chi connectivity index (χ1) is 12.8. The predicted molar refractivity (Wildman–Crippen MR) is 113 cm³/mol. The lowest BCUT2D eigenvalue weighted by molar-refractivity contribution is 0.0464. The van der Waals surface area contributed by atoms with Crippen molar-refractivity contribution in [3.8, 4) is 11.5 Å². The van der Waals surface area contributed by atoms with Crippen molar-refractivity contribution in [1.82, 2.24) is 4.90 Å². The smallest absolute Gasteiger partial charge is 0.130 e.